The topological polar surface area (TPSA) is 58.6 Å². The van der Waals surface area contributed by atoms with Gasteiger partial charge in [-0.05, 0) is 24.1 Å². The van der Waals surface area contributed by atoms with E-state index in [2.05, 4.69) is 5.32 Å². The van der Waals surface area contributed by atoms with Crippen molar-refractivity contribution in [1.29, 1.82) is 0 Å². The van der Waals surface area contributed by atoms with Gasteiger partial charge in [0.15, 0.2) is 0 Å². The maximum Gasteiger partial charge on any atom is 0.221 e. The van der Waals surface area contributed by atoms with Crippen LogP contribution in [0.15, 0.2) is 24.3 Å². The van der Waals surface area contributed by atoms with Crippen LogP contribution in [-0.2, 0) is 20.7 Å². The van der Waals surface area contributed by atoms with E-state index < -0.39 is 0 Å². The van der Waals surface area contributed by atoms with Gasteiger partial charge in [0.1, 0.15) is 5.82 Å². The molecule has 0 saturated carbocycles. The van der Waals surface area contributed by atoms with Gasteiger partial charge in [-0.2, -0.15) is 0 Å². The molecule has 22 heavy (non-hydrogen) atoms. The first-order valence-electron chi connectivity index (χ1n) is 7.28. The quantitative estimate of drug-likeness (QED) is 0.749. The summed E-state index contributed by atoms with van der Waals surface area (Å²) in [5, 5.41) is 2.79. The van der Waals surface area contributed by atoms with Gasteiger partial charge in [0, 0.05) is 40.1 Å². The Morgan fingerprint density at radius 1 is 1.23 bits per heavy atom. The zero-order chi connectivity index (χ0) is 16.4. The number of ether oxygens (including phenoxy) is 1. The second kappa shape index (κ2) is 9.89. The zero-order valence-corrected chi connectivity index (χ0v) is 13.1. The molecule has 122 valence electrons. The van der Waals surface area contributed by atoms with E-state index >= 15 is 0 Å². The highest BCUT2D eigenvalue weighted by molar-refractivity contribution is 5.78. The molecule has 1 aromatic carbocycles. The summed E-state index contributed by atoms with van der Waals surface area (Å²) in [6.45, 7) is 3.27. The van der Waals surface area contributed by atoms with E-state index in [-0.39, 0.29) is 24.1 Å². The van der Waals surface area contributed by atoms with Crippen molar-refractivity contribution in [2.45, 2.75) is 19.8 Å². The van der Waals surface area contributed by atoms with E-state index in [1.807, 2.05) is 0 Å². The molecule has 0 atom stereocenters. The molecule has 0 spiro atoms. The van der Waals surface area contributed by atoms with Crippen LogP contribution >= 0.6 is 0 Å². The van der Waals surface area contributed by atoms with Crippen molar-refractivity contribution in [1.82, 2.24) is 10.2 Å². The number of halogens is 1. The second-order valence-corrected chi connectivity index (χ2v) is 4.98. The number of nitrogens with zero attached hydrogens (tertiary/aromatic N) is 1. The summed E-state index contributed by atoms with van der Waals surface area (Å²) in [7, 11) is 1.57. The van der Waals surface area contributed by atoms with E-state index in [0.29, 0.717) is 32.7 Å². The van der Waals surface area contributed by atoms with Crippen LogP contribution in [-0.4, -0.2) is 50.1 Å². The molecule has 1 rings (SSSR count). The number of carbonyl (C=O) groups is 2. The monoisotopic (exact) mass is 310 g/mol. The Hall–Kier alpha value is -1.95. The van der Waals surface area contributed by atoms with Crippen molar-refractivity contribution in [2.24, 2.45) is 0 Å². The number of amides is 2. The SMILES string of the molecule is COCCN(CCC(=O)NCCc1ccc(F)cc1)C(C)=O. The van der Waals surface area contributed by atoms with Gasteiger partial charge in [-0.3, -0.25) is 9.59 Å². The van der Waals surface area contributed by atoms with Gasteiger partial charge in [-0.15, -0.1) is 0 Å². The predicted octanol–water partition coefficient (Wildman–Crippen LogP) is 1.37. The molecule has 0 saturated heterocycles. The van der Waals surface area contributed by atoms with Crippen LogP contribution in [0.1, 0.15) is 18.9 Å². The van der Waals surface area contributed by atoms with Crippen LogP contribution in [0.3, 0.4) is 0 Å². The molecule has 1 aromatic rings. The van der Waals surface area contributed by atoms with Crippen molar-refractivity contribution in [3.8, 4) is 0 Å². The van der Waals surface area contributed by atoms with Crippen LogP contribution in [0.2, 0.25) is 0 Å². The number of hydrogen-bond donors (Lipinski definition) is 1. The molecule has 0 aromatic heterocycles. The van der Waals surface area contributed by atoms with Crippen molar-refractivity contribution in [3.05, 3.63) is 35.6 Å². The Bertz CT molecular complexity index is 477. The van der Waals surface area contributed by atoms with Crippen LogP contribution in [0.5, 0.6) is 0 Å². The lowest BCUT2D eigenvalue weighted by atomic mass is 10.1. The summed E-state index contributed by atoms with van der Waals surface area (Å²) in [5.74, 6) is -0.449. The molecule has 0 aliphatic heterocycles. The van der Waals surface area contributed by atoms with E-state index in [0.717, 1.165) is 5.56 Å². The van der Waals surface area contributed by atoms with Crippen LogP contribution in [0.25, 0.3) is 0 Å². The molecule has 2 amide bonds. The molecule has 5 nitrogen and oxygen atoms in total. The van der Waals surface area contributed by atoms with Gasteiger partial charge in [0.05, 0.1) is 6.61 Å². The van der Waals surface area contributed by atoms with Crippen molar-refractivity contribution in [2.75, 3.05) is 33.4 Å². The minimum absolute atomic E-state index is 0.0730. The first-order valence-corrected chi connectivity index (χ1v) is 7.28. The van der Waals surface area contributed by atoms with E-state index in [1.54, 1.807) is 24.1 Å². The van der Waals surface area contributed by atoms with Crippen LogP contribution in [0, 0.1) is 5.82 Å². The maximum absolute atomic E-state index is 12.8. The molecule has 0 bridgehead atoms. The molecule has 1 N–H and O–H groups in total. The van der Waals surface area contributed by atoms with Crippen LogP contribution < -0.4 is 5.32 Å². The molecule has 6 heteroatoms. The summed E-state index contributed by atoms with van der Waals surface area (Å²) < 4.78 is 17.7. The van der Waals surface area contributed by atoms with Crippen molar-refractivity contribution in [3.63, 3.8) is 0 Å². The fraction of sp³-hybridized carbons (Fsp3) is 0.500. The number of nitrogens with one attached hydrogen (secondary N) is 1. The van der Waals surface area contributed by atoms with E-state index in [4.69, 9.17) is 4.74 Å². The number of benzene rings is 1. The zero-order valence-electron chi connectivity index (χ0n) is 13.1. The molecule has 0 fully saturated rings. The molecular formula is C16H23FN2O3. The highest BCUT2D eigenvalue weighted by atomic mass is 19.1. The van der Waals surface area contributed by atoms with Gasteiger partial charge in [0.2, 0.25) is 11.8 Å². The third-order valence-electron chi connectivity index (χ3n) is 3.27. The molecule has 0 aliphatic rings. The maximum atomic E-state index is 12.8. The molecular weight excluding hydrogens is 287 g/mol. The lowest BCUT2D eigenvalue weighted by Gasteiger charge is -2.20. The van der Waals surface area contributed by atoms with E-state index in [1.165, 1.54) is 19.1 Å². The average molecular weight is 310 g/mol. The molecule has 0 unspecified atom stereocenters. The van der Waals surface area contributed by atoms with Gasteiger partial charge in [0.25, 0.3) is 0 Å². The fourth-order valence-corrected chi connectivity index (χ4v) is 1.95. The number of methoxy groups -OCH3 is 1. The van der Waals surface area contributed by atoms with Gasteiger partial charge < -0.3 is 15.0 Å². The third kappa shape index (κ3) is 7.17. The minimum atomic E-state index is -0.270. The highest BCUT2D eigenvalue weighted by Crippen LogP contribution is 2.02. The predicted molar refractivity (Wildman–Crippen MR) is 81.9 cm³/mol. The largest absolute Gasteiger partial charge is 0.383 e. The average Bonchev–Trinajstić information content (AvgIpc) is 2.49. The Kier molecular flexibility index (Phi) is 8.14. The lowest BCUT2D eigenvalue weighted by Crippen LogP contribution is -2.36. The summed E-state index contributed by atoms with van der Waals surface area (Å²) in [5.41, 5.74) is 0.965. The van der Waals surface area contributed by atoms with Gasteiger partial charge >= 0.3 is 0 Å². The summed E-state index contributed by atoms with van der Waals surface area (Å²) in [6, 6.07) is 6.20. The summed E-state index contributed by atoms with van der Waals surface area (Å²) >= 11 is 0. The molecule has 0 radical (unpaired) electrons. The fourth-order valence-electron chi connectivity index (χ4n) is 1.95. The van der Waals surface area contributed by atoms with Crippen molar-refractivity contribution < 1.29 is 18.7 Å². The summed E-state index contributed by atoms with van der Waals surface area (Å²) in [6.07, 6.45) is 0.902. The Labute approximate surface area is 130 Å². The van der Waals surface area contributed by atoms with E-state index in [9.17, 15) is 14.0 Å². The molecule has 0 aliphatic carbocycles. The standard InChI is InChI=1S/C16H23FN2O3/c1-13(20)19(11-12-22-2)10-8-16(21)18-9-7-14-3-5-15(17)6-4-14/h3-6H,7-12H2,1-2H3,(H,18,21). The first-order chi connectivity index (χ1) is 10.5. The Balaban J connectivity index is 2.24. The van der Waals surface area contributed by atoms with Crippen LogP contribution in [0.4, 0.5) is 4.39 Å². The first kappa shape index (κ1) is 18.1. The number of rotatable bonds is 9. The highest BCUT2D eigenvalue weighted by Gasteiger charge is 2.10. The lowest BCUT2D eigenvalue weighted by molar-refractivity contribution is -0.130. The van der Waals surface area contributed by atoms with Crippen molar-refractivity contribution >= 4 is 11.8 Å². The van der Waals surface area contributed by atoms with Gasteiger partial charge in [-0.1, -0.05) is 12.1 Å². The number of carbonyl (C=O) groups excluding carboxylic acids is 2. The minimum Gasteiger partial charge on any atom is -0.383 e. The third-order valence-corrected chi connectivity index (χ3v) is 3.27. The second-order valence-electron chi connectivity index (χ2n) is 4.98. The summed E-state index contributed by atoms with van der Waals surface area (Å²) in [4.78, 5) is 24.7. The smallest absolute Gasteiger partial charge is 0.221 e. The Morgan fingerprint density at radius 2 is 1.91 bits per heavy atom. The normalized spacial score (nSPS) is 10.3. The number of hydrogen-bond acceptors (Lipinski definition) is 3. The Morgan fingerprint density at radius 3 is 2.50 bits per heavy atom. The van der Waals surface area contributed by atoms with Gasteiger partial charge in [-0.25, -0.2) is 4.39 Å². The molecule has 0 heterocycles.